The fourth-order valence-electron chi connectivity index (χ4n) is 1.14. The summed E-state index contributed by atoms with van der Waals surface area (Å²) in [4.78, 5) is 0. The molecule has 0 saturated carbocycles. The van der Waals surface area contributed by atoms with Crippen LogP contribution in [-0.2, 0) is 5.33 Å². The maximum Gasteiger partial charge on any atom is 0.0937 e. The third-order valence-corrected chi connectivity index (χ3v) is 3.54. The summed E-state index contributed by atoms with van der Waals surface area (Å²) in [6.45, 7) is 0. The molecule has 0 aliphatic carbocycles. The van der Waals surface area contributed by atoms with Gasteiger partial charge in [0.25, 0.3) is 0 Å². The second-order valence-corrected chi connectivity index (χ2v) is 5.21. The van der Waals surface area contributed by atoms with Crippen molar-refractivity contribution < 1.29 is 0 Å². The Morgan fingerprint density at radius 3 is 2.67 bits per heavy atom. The van der Waals surface area contributed by atoms with E-state index in [9.17, 15) is 0 Å². The summed E-state index contributed by atoms with van der Waals surface area (Å²) < 4.78 is 3.74. The van der Waals surface area contributed by atoms with Gasteiger partial charge in [0.1, 0.15) is 0 Å². The quantitative estimate of drug-likeness (QED) is 0.726. The van der Waals surface area contributed by atoms with Crippen molar-refractivity contribution in [3.63, 3.8) is 0 Å². The van der Waals surface area contributed by atoms with Crippen LogP contribution >= 0.6 is 47.8 Å². The van der Waals surface area contributed by atoms with Gasteiger partial charge in [0.2, 0.25) is 0 Å². The Hall–Kier alpha value is -0.200. The van der Waals surface area contributed by atoms with Crippen LogP contribution in [0, 0.1) is 0 Å². The molecule has 0 aliphatic rings. The molecule has 0 atom stereocenters. The van der Waals surface area contributed by atoms with Crippen molar-refractivity contribution in [2.45, 2.75) is 5.33 Å². The first kappa shape index (κ1) is 11.3. The van der Waals surface area contributed by atoms with E-state index < -0.39 is 0 Å². The third kappa shape index (κ3) is 2.49. The number of nitrogens with zero attached hydrogens (tertiary/aromatic N) is 3. The van der Waals surface area contributed by atoms with Gasteiger partial charge in [0.15, 0.2) is 0 Å². The number of benzene rings is 1. The van der Waals surface area contributed by atoms with E-state index in [1.807, 2.05) is 24.4 Å². The molecule has 0 N–H and O–H groups in total. The summed E-state index contributed by atoms with van der Waals surface area (Å²) in [7, 11) is 0. The molecule has 78 valence electrons. The summed E-state index contributed by atoms with van der Waals surface area (Å²) in [6.07, 6.45) is 1.89. The average molecular weight is 396 g/mol. The van der Waals surface area contributed by atoms with E-state index in [2.05, 4.69) is 58.1 Å². The van der Waals surface area contributed by atoms with E-state index in [0.29, 0.717) is 5.33 Å². The lowest BCUT2D eigenvalue weighted by molar-refractivity contribution is 0.797. The lowest BCUT2D eigenvalue weighted by atomic mass is 10.3. The SMILES string of the molecule is BrCc1cn(-c2ccc(Br)cc2Br)nn1. The van der Waals surface area contributed by atoms with Crippen LogP contribution < -0.4 is 0 Å². The highest BCUT2D eigenvalue weighted by Crippen LogP contribution is 2.24. The first-order valence-corrected chi connectivity index (χ1v) is 6.84. The number of hydrogen-bond donors (Lipinski definition) is 0. The van der Waals surface area contributed by atoms with Gasteiger partial charge in [-0.05, 0) is 34.1 Å². The zero-order valence-electron chi connectivity index (χ0n) is 7.49. The molecule has 0 saturated heterocycles. The van der Waals surface area contributed by atoms with Crippen LogP contribution in [0.4, 0.5) is 0 Å². The Morgan fingerprint density at radius 1 is 1.27 bits per heavy atom. The van der Waals surface area contributed by atoms with Gasteiger partial charge >= 0.3 is 0 Å². The van der Waals surface area contributed by atoms with Gasteiger partial charge < -0.3 is 0 Å². The van der Waals surface area contributed by atoms with Gasteiger partial charge in [-0.25, -0.2) is 4.68 Å². The van der Waals surface area contributed by atoms with E-state index in [1.165, 1.54) is 0 Å². The monoisotopic (exact) mass is 393 g/mol. The molecule has 0 spiro atoms. The molecule has 0 amide bonds. The summed E-state index contributed by atoms with van der Waals surface area (Å²) in [5.41, 5.74) is 1.88. The minimum atomic E-state index is 0.709. The Morgan fingerprint density at radius 2 is 2.07 bits per heavy atom. The molecule has 15 heavy (non-hydrogen) atoms. The predicted molar refractivity (Wildman–Crippen MR) is 69.4 cm³/mol. The molecular weight excluding hydrogens is 390 g/mol. The highest BCUT2D eigenvalue weighted by molar-refractivity contribution is 9.11. The van der Waals surface area contributed by atoms with Crippen molar-refractivity contribution >= 4 is 47.8 Å². The molecule has 0 aliphatic heterocycles. The number of alkyl halides is 1. The molecule has 6 heteroatoms. The van der Waals surface area contributed by atoms with Gasteiger partial charge in [-0.2, -0.15) is 0 Å². The number of halogens is 3. The van der Waals surface area contributed by atoms with E-state index in [1.54, 1.807) is 4.68 Å². The third-order valence-electron chi connectivity index (χ3n) is 1.83. The summed E-state index contributed by atoms with van der Waals surface area (Å²) >= 11 is 10.2. The Kier molecular flexibility index (Phi) is 3.58. The van der Waals surface area contributed by atoms with Gasteiger partial charge in [0.05, 0.1) is 17.6 Å². The second kappa shape index (κ2) is 4.76. The first-order valence-electron chi connectivity index (χ1n) is 4.13. The highest BCUT2D eigenvalue weighted by Gasteiger charge is 2.05. The topological polar surface area (TPSA) is 30.7 Å². The molecule has 0 radical (unpaired) electrons. The normalized spacial score (nSPS) is 10.6. The van der Waals surface area contributed by atoms with Crippen LogP contribution in [0.2, 0.25) is 0 Å². The summed E-state index contributed by atoms with van der Waals surface area (Å²) in [5.74, 6) is 0. The number of hydrogen-bond acceptors (Lipinski definition) is 2. The maximum absolute atomic E-state index is 4.04. The van der Waals surface area contributed by atoms with Gasteiger partial charge in [0, 0.05) is 14.3 Å². The fraction of sp³-hybridized carbons (Fsp3) is 0.111. The average Bonchev–Trinajstić information content (AvgIpc) is 2.66. The molecule has 0 unspecified atom stereocenters. The predicted octanol–water partition coefficient (Wildman–Crippen LogP) is 3.69. The van der Waals surface area contributed by atoms with Crippen molar-refractivity contribution in [3.8, 4) is 5.69 Å². The molecule has 3 nitrogen and oxygen atoms in total. The van der Waals surface area contributed by atoms with Crippen LogP contribution in [0.1, 0.15) is 5.69 Å². The highest BCUT2D eigenvalue weighted by atomic mass is 79.9. The Labute approximate surface area is 112 Å². The van der Waals surface area contributed by atoms with Crippen molar-refractivity contribution in [2.24, 2.45) is 0 Å². The Balaban J connectivity index is 2.44. The lowest BCUT2D eigenvalue weighted by Gasteiger charge is -2.03. The zero-order valence-corrected chi connectivity index (χ0v) is 12.3. The zero-order chi connectivity index (χ0) is 10.8. The molecule has 0 fully saturated rings. The number of rotatable bonds is 2. The molecule has 0 bridgehead atoms. The minimum Gasteiger partial charge on any atom is -0.219 e. The van der Waals surface area contributed by atoms with Crippen molar-refractivity contribution in [1.29, 1.82) is 0 Å². The van der Waals surface area contributed by atoms with Crippen LogP contribution in [0.3, 0.4) is 0 Å². The van der Waals surface area contributed by atoms with E-state index in [4.69, 9.17) is 0 Å². The molecule has 2 aromatic rings. The van der Waals surface area contributed by atoms with E-state index in [-0.39, 0.29) is 0 Å². The molecular formula is C9H6Br3N3. The smallest absolute Gasteiger partial charge is 0.0937 e. The van der Waals surface area contributed by atoms with Gasteiger partial charge in [-0.1, -0.05) is 37.1 Å². The van der Waals surface area contributed by atoms with Crippen LogP contribution in [0.5, 0.6) is 0 Å². The van der Waals surface area contributed by atoms with Crippen molar-refractivity contribution in [3.05, 3.63) is 39.0 Å². The van der Waals surface area contributed by atoms with Crippen LogP contribution in [0.15, 0.2) is 33.3 Å². The minimum absolute atomic E-state index is 0.709. The Bertz CT molecular complexity index is 481. The largest absolute Gasteiger partial charge is 0.219 e. The number of aromatic nitrogens is 3. The molecule has 1 heterocycles. The van der Waals surface area contributed by atoms with Gasteiger partial charge in [-0.15, -0.1) is 5.10 Å². The maximum atomic E-state index is 4.04. The van der Waals surface area contributed by atoms with E-state index in [0.717, 1.165) is 20.3 Å². The van der Waals surface area contributed by atoms with Gasteiger partial charge in [-0.3, -0.25) is 0 Å². The van der Waals surface area contributed by atoms with Crippen LogP contribution in [-0.4, -0.2) is 15.0 Å². The molecule has 2 rings (SSSR count). The summed E-state index contributed by atoms with van der Waals surface area (Å²) in [6, 6.07) is 5.92. The van der Waals surface area contributed by atoms with Crippen molar-refractivity contribution in [1.82, 2.24) is 15.0 Å². The second-order valence-electron chi connectivity index (χ2n) is 2.88. The standard InChI is InChI=1S/C9H6Br3N3/c10-4-7-5-15(14-13-7)9-2-1-6(11)3-8(9)12/h1-3,5H,4H2. The summed E-state index contributed by atoms with van der Waals surface area (Å²) in [5, 5.41) is 8.76. The van der Waals surface area contributed by atoms with E-state index >= 15 is 0 Å². The van der Waals surface area contributed by atoms with Crippen molar-refractivity contribution in [2.75, 3.05) is 0 Å². The molecule has 1 aromatic heterocycles. The first-order chi connectivity index (χ1) is 7.20. The molecule has 1 aromatic carbocycles. The van der Waals surface area contributed by atoms with Crippen LogP contribution in [0.25, 0.3) is 5.69 Å². The fourth-order valence-corrected chi connectivity index (χ4v) is 2.63. The lowest BCUT2D eigenvalue weighted by Crippen LogP contribution is -1.95.